The van der Waals surface area contributed by atoms with Gasteiger partial charge in [-0.25, -0.2) is 0 Å². The first kappa shape index (κ1) is 33.5. The lowest BCUT2D eigenvalue weighted by Crippen LogP contribution is -2.19. The highest BCUT2D eigenvalue weighted by Gasteiger charge is 2.16. The van der Waals surface area contributed by atoms with Crippen molar-refractivity contribution in [1.82, 2.24) is 0 Å². The summed E-state index contributed by atoms with van der Waals surface area (Å²) in [5.74, 6) is 0.667. The van der Waals surface area contributed by atoms with E-state index in [-0.39, 0.29) is 11.9 Å². The Morgan fingerprint density at radius 1 is 0.500 bits per heavy atom. The van der Waals surface area contributed by atoms with Crippen LogP contribution in [0.5, 0.6) is 0 Å². The third kappa shape index (κ3) is 23.2. The van der Waals surface area contributed by atoms with Gasteiger partial charge < -0.3 is 4.74 Å². The summed E-state index contributed by atoms with van der Waals surface area (Å²) in [5, 5.41) is 0. The number of esters is 1. The van der Waals surface area contributed by atoms with Crippen molar-refractivity contribution < 1.29 is 9.53 Å². The second-order valence-electron chi connectivity index (χ2n) is 11.1. The Morgan fingerprint density at radius 2 is 0.882 bits per heavy atom. The topological polar surface area (TPSA) is 26.3 Å². The quantitative estimate of drug-likeness (QED) is 0.0862. The second-order valence-corrected chi connectivity index (χ2v) is 11.1. The van der Waals surface area contributed by atoms with Crippen molar-refractivity contribution in [3.63, 3.8) is 0 Å². The van der Waals surface area contributed by atoms with Gasteiger partial charge in [-0.2, -0.15) is 0 Å². The number of carbonyl (C=O) groups excluding carboxylic acids is 1. The summed E-state index contributed by atoms with van der Waals surface area (Å²) in [6.45, 7) is 9.51. The molecule has 204 valence electrons. The number of hydrogen-bond donors (Lipinski definition) is 0. The van der Waals surface area contributed by atoms with Crippen molar-refractivity contribution in [1.29, 1.82) is 0 Å². The number of ether oxygens (including phenoxy) is 1. The van der Waals surface area contributed by atoms with Crippen LogP contribution in [-0.2, 0) is 9.53 Å². The molecule has 2 atom stereocenters. The van der Waals surface area contributed by atoms with E-state index in [1.54, 1.807) is 0 Å². The Bertz CT molecular complexity index is 406. The van der Waals surface area contributed by atoms with E-state index in [0.29, 0.717) is 12.5 Å². The predicted molar refractivity (Wildman–Crippen MR) is 151 cm³/mol. The van der Waals surface area contributed by atoms with E-state index in [4.69, 9.17) is 4.74 Å². The zero-order valence-corrected chi connectivity index (χ0v) is 24.1. The van der Waals surface area contributed by atoms with E-state index in [1.807, 2.05) is 0 Å². The molecule has 0 aromatic rings. The minimum Gasteiger partial charge on any atom is -0.465 e. The lowest BCUT2D eigenvalue weighted by Gasteiger charge is -2.18. The smallest absolute Gasteiger partial charge is 0.308 e. The van der Waals surface area contributed by atoms with Crippen molar-refractivity contribution in [3.05, 3.63) is 0 Å². The van der Waals surface area contributed by atoms with E-state index in [9.17, 15) is 4.79 Å². The van der Waals surface area contributed by atoms with Gasteiger partial charge in [-0.05, 0) is 25.2 Å². The molecule has 0 saturated carbocycles. The summed E-state index contributed by atoms with van der Waals surface area (Å²) < 4.78 is 5.74. The summed E-state index contributed by atoms with van der Waals surface area (Å²) in [7, 11) is 0. The van der Waals surface area contributed by atoms with Gasteiger partial charge in [-0.3, -0.25) is 4.79 Å². The van der Waals surface area contributed by atoms with Gasteiger partial charge in [0.2, 0.25) is 0 Å². The molecule has 0 radical (unpaired) electrons. The highest BCUT2D eigenvalue weighted by molar-refractivity contribution is 5.71. The zero-order valence-electron chi connectivity index (χ0n) is 24.1. The molecule has 0 heterocycles. The van der Waals surface area contributed by atoms with Crippen molar-refractivity contribution in [3.8, 4) is 0 Å². The first-order valence-electron chi connectivity index (χ1n) is 15.8. The van der Waals surface area contributed by atoms with Crippen LogP contribution in [0.1, 0.15) is 182 Å². The first-order chi connectivity index (χ1) is 16.7. The summed E-state index contributed by atoms with van der Waals surface area (Å²) in [4.78, 5) is 12.4. The summed E-state index contributed by atoms with van der Waals surface area (Å²) >= 11 is 0. The standard InChI is InChI=1S/C32H64O2/c1-5-8-10-12-14-15-16-17-18-19-20-21-22-24-27-30(4)32(33)34-29-31(26-7-3)28-25-23-13-11-9-6-2/h30-31H,5-29H2,1-4H3. The molecule has 2 unspecified atom stereocenters. The zero-order chi connectivity index (χ0) is 25.1. The Hall–Kier alpha value is -0.530. The number of unbranched alkanes of at least 4 members (excludes halogenated alkanes) is 18. The SMILES string of the molecule is CCCCCCCCCCCCCCCCC(C)C(=O)OCC(CCC)CCCCCCCC. The molecule has 0 amide bonds. The number of rotatable bonds is 27. The van der Waals surface area contributed by atoms with E-state index in [0.717, 1.165) is 6.42 Å². The molecule has 0 aliphatic carbocycles. The third-order valence-corrected chi connectivity index (χ3v) is 7.52. The minimum atomic E-state index is 0.0405. The molecule has 0 aliphatic rings. The van der Waals surface area contributed by atoms with Gasteiger partial charge in [0.1, 0.15) is 0 Å². The Morgan fingerprint density at radius 3 is 1.29 bits per heavy atom. The van der Waals surface area contributed by atoms with Crippen molar-refractivity contribution in [2.45, 2.75) is 182 Å². The van der Waals surface area contributed by atoms with Gasteiger partial charge in [0.05, 0.1) is 12.5 Å². The molecular weight excluding hydrogens is 416 g/mol. The molecule has 2 heteroatoms. The van der Waals surface area contributed by atoms with Gasteiger partial charge in [-0.1, -0.05) is 163 Å². The summed E-state index contributed by atoms with van der Waals surface area (Å²) in [5.41, 5.74) is 0. The van der Waals surface area contributed by atoms with E-state index >= 15 is 0 Å². The molecular formula is C32H64O2. The molecule has 2 nitrogen and oxygen atoms in total. The van der Waals surface area contributed by atoms with Gasteiger partial charge in [0.15, 0.2) is 0 Å². The maximum atomic E-state index is 12.4. The molecule has 0 rings (SSSR count). The van der Waals surface area contributed by atoms with Crippen LogP contribution < -0.4 is 0 Å². The fourth-order valence-corrected chi connectivity index (χ4v) is 5.04. The maximum absolute atomic E-state index is 12.4. The average molecular weight is 481 g/mol. The lowest BCUT2D eigenvalue weighted by atomic mass is 9.96. The van der Waals surface area contributed by atoms with Crippen LogP contribution in [0.2, 0.25) is 0 Å². The molecule has 0 bridgehead atoms. The summed E-state index contributed by atoms with van der Waals surface area (Å²) in [6, 6.07) is 0. The lowest BCUT2D eigenvalue weighted by molar-refractivity contribution is -0.149. The Labute approximate surface area is 215 Å². The van der Waals surface area contributed by atoms with Gasteiger partial charge in [0, 0.05) is 0 Å². The number of hydrogen-bond acceptors (Lipinski definition) is 2. The predicted octanol–water partition coefficient (Wildman–Crippen LogP) is 11.2. The Kier molecular flexibility index (Phi) is 26.6. The van der Waals surface area contributed by atoms with Crippen LogP contribution >= 0.6 is 0 Å². The van der Waals surface area contributed by atoms with Crippen LogP contribution in [-0.4, -0.2) is 12.6 Å². The largest absolute Gasteiger partial charge is 0.465 e. The van der Waals surface area contributed by atoms with Crippen molar-refractivity contribution in [2.24, 2.45) is 11.8 Å². The number of carbonyl (C=O) groups is 1. The fraction of sp³-hybridized carbons (Fsp3) is 0.969. The molecule has 0 aliphatic heterocycles. The highest BCUT2D eigenvalue weighted by atomic mass is 16.5. The van der Waals surface area contributed by atoms with Crippen LogP contribution in [0.4, 0.5) is 0 Å². The van der Waals surface area contributed by atoms with Crippen molar-refractivity contribution in [2.75, 3.05) is 6.61 Å². The van der Waals surface area contributed by atoms with E-state index in [1.165, 1.54) is 148 Å². The van der Waals surface area contributed by atoms with Crippen LogP contribution in [0.15, 0.2) is 0 Å². The van der Waals surface area contributed by atoms with Crippen LogP contribution in [0.25, 0.3) is 0 Å². The van der Waals surface area contributed by atoms with E-state index < -0.39 is 0 Å². The van der Waals surface area contributed by atoms with E-state index in [2.05, 4.69) is 27.7 Å². The molecule has 34 heavy (non-hydrogen) atoms. The monoisotopic (exact) mass is 480 g/mol. The molecule has 0 N–H and O–H groups in total. The van der Waals surface area contributed by atoms with Crippen molar-refractivity contribution >= 4 is 5.97 Å². The summed E-state index contributed by atoms with van der Waals surface area (Å²) in [6.07, 6.45) is 32.0. The van der Waals surface area contributed by atoms with Gasteiger partial charge in [0.25, 0.3) is 0 Å². The third-order valence-electron chi connectivity index (χ3n) is 7.52. The molecule has 0 aromatic carbocycles. The highest BCUT2D eigenvalue weighted by Crippen LogP contribution is 2.19. The molecule has 0 saturated heterocycles. The fourth-order valence-electron chi connectivity index (χ4n) is 5.04. The van der Waals surface area contributed by atoms with Gasteiger partial charge >= 0.3 is 5.97 Å². The van der Waals surface area contributed by atoms with Gasteiger partial charge in [-0.15, -0.1) is 0 Å². The Balaban J connectivity index is 3.61. The minimum absolute atomic E-state index is 0.0405. The normalized spacial score (nSPS) is 13.2. The molecule has 0 spiro atoms. The van der Waals surface area contributed by atoms with Crippen LogP contribution in [0.3, 0.4) is 0 Å². The second kappa shape index (κ2) is 27.1. The first-order valence-corrected chi connectivity index (χ1v) is 15.8. The molecule has 0 fully saturated rings. The average Bonchev–Trinajstić information content (AvgIpc) is 2.84. The van der Waals surface area contributed by atoms with Crippen LogP contribution in [0, 0.1) is 11.8 Å². The maximum Gasteiger partial charge on any atom is 0.308 e. The molecule has 0 aromatic heterocycles.